The molecule has 1 aliphatic heterocycles. The highest BCUT2D eigenvalue weighted by molar-refractivity contribution is 7.10. The van der Waals surface area contributed by atoms with E-state index in [0.29, 0.717) is 6.61 Å². The van der Waals surface area contributed by atoms with Crippen LogP contribution in [0.2, 0.25) is 0 Å². The Hall–Kier alpha value is -1.60. The molecule has 0 saturated carbocycles. The third kappa shape index (κ3) is 2.78. The summed E-state index contributed by atoms with van der Waals surface area (Å²) in [6.45, 7) is 2.26. The van der Waals surface area contributed by atoms with Gasteiger partial charge in [0.1, 0.15) is 0 Å². The Kier molecular flexibility index (Phi) is 4.29. The van der Waals surface area contributed by atoms with E-state index in [1.807, 2.05) is 24.4 Å². The Morgan fingerprint density at radius 2 is 2.35 bits per heavy atom. The highest BCUT2D eigenvalue weighted by atomic mass is 32.1. The zero-order valence-corrected chi connectivity index (χ0v) is 12.3. The molecule has 110 valence electrons. The number of rotatable bonds is 4. The van der Waals surface area contributed by atoms with Gasteiger partial charge in [-0.1, -0.05) is 6.07 Å². The second kappa shape index (κ2) is 5.80. The van der Waals surface area contributed by atoms with Gasteiger partial charge in [-0.15, -0.1) is 11.3 Å². The summed E-state index contributed by atoms with van der Waals surface area (Å²) in [6.07, 6.45) is 0.287. The predicted molar refractivity (Wildman–Crippen MR) is 74.8 cm³/mol. The number of thiophene rings is 1. The van der Waals surface area contributed by atoms with Crippen molar-refractivity contribution in [3.63, 3.8) is 0 Å². The van der Waals surface area contributed by atoms with E-state index in [9.17, 15) is 14.7 Å². The number of amides is 2. The Balaban J connectivity index is 2.05. The lowest BCUT2D eigenvalue weighted by Gasteiger charge is -2.30. The van der Waals surface area contributed by atoms with E-state index in [2.05, 4.69) is 5.32 Å². The quantitative estimate of drug-likeness (QED) is 0.886. The van der Waals surface area contributed by atoms with E-state index in [1.54, 1.807) is 18.4 Å². The molecule has 2 heterocycles. The number of carbonyl (C=O) groups is 2. The Bertz CT molecular complexity index is 483. The SMILES string of the molecule is CC(c1cccs1)N(C)C(=O)NC1(C(=O)O)CCOC1. The van der Waals surface area contributed by atoms with Gasteiger partial charge in [0.05, 0.1) is 12.6 Å². The lowest BCUT2D eigenvalue weighted by molar-refractivity contribution is -0.144. The first-order valence-corrected chi connectivity index (χ1v) is 7.24. The van der Waals surface area contributed by atoms with Crippen LogP contribution in [0.1, 0.15) is 24.3 Å². The number of urea groups is 1. The maximum Gasteiger partial charge on any atom is 0.332 e. The van der Waals surface area contributed by atoms with Crippen molar-refractivity contribution in [3.05, 3.63) is 22.4 Å². The molecule has 0 aromatic carbocycles. The monoisotopic (exact) mass is 298 g/mol. The van der Waals surface area contributed by atoms with Crippen molar-refractivity contribution >= 4 is 23.3 Å². The number of hydrogen-bond acceptors (Lipinski definition) is 4. The van der Waals surface area contributed by atoms with Crippen LogP contribution < -0.4 is 5.32 Å². The lowest BCUT2D eigenvalue weighted by atomic mass is 9.99. The summed E-state index contributed by atoms with van der Waals surface area (Å²) in [5.41, 5.74) is -1.31. The van der Waals surface area contributed by atoms with E-state index >= 15 is 0 Å². The minimum absolute atomic E-state index is 0.00922. The molecule has 1 aliphatic rings. The van der Waals surface area contributed by atoms with Crippen LogP contribution in [0.4, 0.5) is 4.79 Å². The smallest absolute Gasteiger partial charge is 0.332 e. The number of nitrogens with one attached hydrogen (secondary N) is 1. The Labute approximate surface area is 121 Å². The van der Waals surface area contributed by atoms with E-state index < -0.39 is 17.5 Å². The number of aliphatic carboxylic acids is 1. The second-order valence-electron chi connectivity index (χ2n) is 4.92. The molecule has 0 bridgehead atoms. The van der Waals surface area contributed by atoms with Crippen molar-refractivity contribution in [3.8, 4) is 0 Å². The summed E-state index contributed by atoms with van der Waals surface area (Å²) in [5.74, 6) is -1.06. The first kappa shape index (κ1) is 14.8. The zero-order chi connectivity index (χ0) is 14.8. The minimum atomic E-state index is -1.31. The van der Waals surface area contributed by atoms with Crippen molar-refractivity contribution in [1.29, 1.82) is 0 Å². The maximum absolute atomic E-state index is 12.2. The molecule has 2 amide bonds. The van der Waals surface area contributed by atoms with Crippen LogP contribution in [0.5, 0.6) is 0 Å². The first-order valence-electron chi connectivity index (χ1n) is 6.36. The predicted octanol–water partition coefficient (Wildman–Crippen LogP) is 1.69. The molecule has 0 spiro atoms. The summed E-state index contributed by atoms with van der Waals surface area (Å²) in [6, 6.07) is 3.36. The standard InChI is InChI=1S/C13H18N2O4S/c1-9(10-4-3-7-20-10)15(2)12(18)14-13(11(16)17)5-6-19-8-13/h3-4,7,9H,5-6,8H2,1-2H3,(H,14,18)(H,16,17). The van der Waals surface area contributed by atoms with E-state index in [1.165, 1.54) is 4.90 Å². The molecule has 2 N–H and O–H groups in total. The highest BCUT2D eigenvalue weighted by Crippen LogP contribution is 2.25. The van der Waals surface area contributed by atoms with E-state index in [4.69, 9.17) is 4.74 Å². The largest absolute Gasteiger partial charge is 0.479 e. The van der Waals surface area contributed by atoms with Crippen LogP contribution >= 0.6 is 11.3 Å². The molecule has 0 aliphatic carbocycles. The number of ether oxygens (including phenoxy) is 1. The van der Waals surface area contributed by atoms with Gasteiger partial charge in [0.15, 0.2) is 5.54 Å². The van der Waals surface area contributed by atoms with Crippen molar-refractivity contribution in [1.82, 2.24) is 10.2 Å². The van der Waals surface area contributed by atoms with Crippen LogP contribution in [-0.4, -0.2) is 47.8 Å². The molecule has 1 aromatic heterocycles. The first-order chi connectivity index (χ1) is 9.46. The van der Waals surface area contributed by atoms with Crippen LogP contribution in [0.15, 0.2) is 17.5 Å². The Morgan fingerprint density at radius 1 is 1.60 bits per heavy atom. The van der Waals surface area contributed by atoms with Crippen molar-refractivity contribution in [2.75, 3.05) is 20.3 Å². The number of carbonyl (C=O) groups excluding carboxylic acids is 1. The van der Waals surface area contributed by atoms with Gasteiger partial charge >= 0.3 is 12.0 Å². The van der Waals surface area contributed by atoms with E-state index in [-0.39, 0.29) is 19.1 Å². The average molecular weight is 298 g/mol. The summed E-state index contributed by atoms with van der Waals surface area (Å²) >= 11 is 1.56. The molecule has 6 nitrogen and oxygen atoms in total. The fourth-order valence-corrected chi connectivity index (χ4v) is 2.90. The average Bonchev–Trinajstić information content (AvgIpc) is 3.08. The van der Waals surface area contributed by atoms with Gasteiger partial charge in [-0.3, -0.25) is 0 Å². The molecular weight excluding hydrogens is 280 g/mol. The highest BCUT2D eigenvalue weighted by Gasteiger charge is 2.44. The fraction of sp³-hybridized carbons (Fsp3) is 0.538. The summed E-state index contributed by atoms with van der Waals surface area (Å²) in [4.78, 5) is 26.2. The molecule has 1 aromatic rings. The number of hydrogen-bond donors (Lipinski definition) is 2. The molecule has 7 heteroatoms. The van der Waals surface area contributed by atoms with Gasteiger partial charge in [0, 0.05) is 25.0 Å². The molecule has 2 atom stereocenters. The molecule has 0 radical (unpaired) electrons. The van der Waals surface area contributed by atoms with Crippen LogP contribution in [0.3, 0.4) is 0 Å². The molecule has 2 unspecified atom stereocenters. The van der Waals surface area contributed by atoms with Gasteiger partial charge < -0.3 is 20.1 Å². The normalized spacial score (nSPS) is 23.3. The van der Waals surface area contributed by atoms with Gasteiger partial charge in [0.25, 0.3) is 0 Å². The number of carboxylic acid groups (broad SMARTS) is 1. The van der Waals surface area contributed by atoms with Gasteiger partial charge in [-0.05, 0) is 18.4 Å². The topological polar surface area (TPSA) is 78.9 Å². The number of nitrogens with zero attached hydrogens (tertiary/aromatic N) is 1. The summed E-state index contributed by atoms with van der Waals surface area (Å²) in [7, 11) is 1.66. The summed E-state index contributed by atoms with van der Waals surface area (Å²) in [5, 5.41) is 13.9. The zero-order valence-electron chi connectivity index (χ0n) is 11.5. The van der Waals surface area contributed by atoms with Crippen molar-refractivity contribution in [2.45, 2.75) is 24.9 Å². The molecule has 2 rings (SSSR count). The summed E-state index contributed by atoms with van der Waals surface area (Å²) < 4.78 is 5.12. The van der Waals surface area contributed by atoms with Crippen molar-refractivity contribution in [2.24, 2.45) is 0 Å². The van der Waals surface area contributed by atoms with Gasteiger partial charge in [-0.2, -0.15) is 0 Å². The molecule has 20 heavy (non-hydrogen) atoms. The lowest BCUT2D eigenvalue weighted by Crippen LogP contribution is -2.58. The third-order valence-electron chi connectivity index (χ3n) is 3.63. The maximum atomic E-state index is 12.2. The fourth-order valence-electron chi connectivity index (χ4n) is 2.07. The molecule has 1 saturated heterocycles. The van der Waals surface area contributed by atoms with E-state index in [0.717, 1.165) is 4.88 Å². The van der Waals surface area contributed by atoms with Crippen LogP contribution in [-0.2, 0) is 9.53 Å². The van der Waals surface area contributed by atoms with Crippen LogP contribution in [0, 0.1) is 0 Å². The van der Waals surface area contributed by atoms with Gasteiger partial charge in [-0.25, -0.2) is 9.59 Å². The number of carboxylic acids is 1. The third-order valence-corrected chi connectivity index (χ3v) is 4.68. The second-order valence-corrected chi connectivity index (χ2v) is 5.90. The molecule has 1 fully saturated rings. The van der Waals surface area contributed by atoms with Crippen molar-refractivity contribution < 1.29 is 19.4 Å². The van der Waals surface area contributed by atoms with Gasteiger partial charge in [0.2, 0.25) is 0 Å². The Morgan fingerprint density at radius 3 is 2.85 bits per heavy atom. The minimum Gasteiger partial charge on any atom is -0.479 e. The van der Waals surface area contributed by atoms with Crippen LogP contribution in [0.25, 0.3) is 0 Å². The molecular formula is C13H18N2O4S.